The van der Waals surface area contributed by atoms with Gasteiger partial charge in [0.15, 0.2) is 0 Å². The Morgan fingerprint density at radius 2 is 1.80 bits per heavy atom. The van der Waals surface area contributed by atoms with E-state index in [1.807, 2.05) is 33.8 Å². The van der Waals surface area contributed by atoms with E-state index in [-0.39, 0.29) is 13.0 Å². The molecular weight excluding hydrogens is 323 g/mol. The van der Waals surface area contributed by atoms with Crippen LogP contribution in [-0.2, 0) is 18.8 Å². The number of carbonyl (C=O) groups excluding carboxylic acids is 1. The largest absolute Gasteiger partial charge is 0.494 e. The molecule has 2 rings (SSSR count). The van der Waals surface area contributed by atoms with Crippen molar-refractivity contribution >= 4 is 18.6 Å². The van der Waals surface area contributed by atoms with Crippen LogP contribution in [0.3, 0.4) is 0 Å². The molecule has 0 aliphatic carbocycles. The number of aliphatic hydroxyl groups is 2. The lowest BCUT2D eigenvalue weighted by Gasteiger charge is -2.32. The van der Waals surface area contributed by atoms with Crippen molar-refractivity contribution in [1.29, 1.82) is 0 Å². The summed E-state index contributed by atoms with van der Waals surface area (Å²) in [4.78, 5) is 11.5. The van der Waals surface area contributed by atoms with Gasteiger partial charge in [0.1, 0.15) is 6.10 Å². The van der Waals surface area contributed by atoms with Gasteiger partial charge in [-0.05, 0) is 45.6 Å². The van der Waals surface area contributed by atoms with Gasteiger partial charge in [-0.1, -0.05) is 24.3 Å². The first-order chi connectivity index (χ1) is 11.6. The lowest BCUT2D eigenvalue weighted by atomic mass is 9.78. The number of carbonyl (C=O) groups is 1. The average molecular weight is 350 g/mol. The van der Waals surface area contributed by atoms with E-state index in [0.717, 1.165) is 5.46 Å². The summed E-state index contributed by atoms with van der Waals surface area (Å²) in [7, 11) is -0.556. The molecule has 1 aromatic carbocycles. The van der Waals surface area contributed by atoms with Gasteiger partial charge in [-0.2, -0.15) is 0 Å². The first kappa shape index (κ1) is 19.9. The van der Waals surface area contributed by atoms with Crippen LogP contribution in [0.5, 0.6) is 0 Å². The third-order valence-corrected chi connectivity index (χ3v) is 4.82. The lowest BCUT2D eigenvalue weighted by molar-refractivity contribution is -0.147. The molecule has 1 aliphatic rings. The van der Waals surface area contributed by atoms with Crippen LogP contribution in [0.1, 0.15) is 52.7 Å². The van der Waals surface area contributed by atoms with Crippen LogP contribution in [-0.4, -0.2) is 47.2 Å². The topological polar surface area (TPSA) is 85.2 Å². The SMILES string of the molecule is CCOC(=O)CC(O)C(O)c1cccc(B2OC(C)(C)C(C)(C)O2)c1. The molecule has 0 amide bonds. The van der Waals surface area contributed by atoms with Crippen LogP contribution in [0.15, 0.2) is 24.3 Å². The predicted molar refractivity (Wildman–Crippen MR) is 94.4 cm³/mol. The molecule has 7 heteroatoms. The molecule has 6 nitrogen and oxygen atoms in total. The van der Waals surface area contributed by atoms with E-state index >= 15 is 0 Å². The molecule has 0 bridgehead atoms. The Morgan fingerprint density at radius 3 is 2.36 bits per heavy atom. The fourth-order valence-corrected chi connectivity index (χ4v) is 2.59. The highest BCUT2D eigenvalue weighted by atomic mass is 16.7. The number of hydrogen-bond donors (Lipinski definition) is 2. The van der Waals surface area contributed by atoms with Gasteiger partial charge in [0, 0.05) is 0 Å². The van der Waals surface area contributed by atoms with Crippen molar-refractivity contribution < 1.29 is 29.1 Å². The molecule has 1 aliphatic heterocycles. The zero-order valence-electron chi connectivity index (χ0n) is 15.5. The fourth-order valence-electron chi connectivity index (χ4n) is 2.59. The second-order valence-electron chi connectivity index (χ2n) is 7.28. The highest BCUT2D eigenvalue weighted by molar-refractivity contribution is 6.62. The van der Waals surface area contributed by atoms with E-state index < -0.39 is 36.5 Å². The van der Waals surface area contributed by atoms with Crippen molar-refractivity contribution in [3.8, 4) is 0 Å². The van der Waals surface area contributed by atoms with E-state index in [9.17, 15) is 15.0 Å². The van der Waals surface area contributed by atoms with Crippen molar-refractivity contribution in [2.24, 2.45) is 0 Å². The summed E-state index contributed by atoms with van der Waals surface area (Å²) in [5.41, 5.74) is 0.313. The standard InChI is InChI=1S/C18H27BO6/c1-6-23-15(21)11-14(20)16(22)12-8-7-9-13(10-12)19-24-17(2,3)18(4,5)25-19/h7-10,14,16,20,22H,6,11H2,1-5H3. The summed E-state index contributed by atoms with van der Waals surface area (Å²) in [6, 6.07) is 7.01. The predicted octanol–water partition coefficient (Wildman–Crippen LogP) is 1.33. The van der Waals surface area contributed by atoms with Crippen molar-refractivity contribution in [3.63, 3.8) is 0 Å². The molecule has 0 aromatic heterocycles. The van der Waals surface area contributed by atoms with Gasteiger partial charge in [-0.15, -0.1) is 0 Å². The Morgan fingerprint density at radius 1 is 1.20 bits per heavy atom. The van der Waals surface area contributed by atoms with E-state index in [1.54, 1.807) is 25.1 Å². The van der Waals surface area contributed by atoms with Gasteiger partial charge < -0.3 is 24.3 Å². The zero-order valence-corrected chi connectivity index (χ0v) is 15.5. The number of rotatable bonds is 6. The van der Waals surface area contributed by atoms with Gasteiger partial charge >= 0.3 is 13.1 Å². The van der Waals surface area contributed by atoms with Gasteiger partial charge in [0.05, 0.1) is 30.3 Å². The average Bonchev–Trinajstić information content (AvgIpc) is 2.75. The summed E-state index contributed by atoms with van der Waals surface area (Å²) < 4.78 is 16.8. The highest BCUT2D eigenvalue weighted by Crippen LogP contribution is 2.36. The number of benzene rings is 1. The molecule has 0 radical (unpaired) electrons. The maximum absolute atomic E-state index is 11.5. The number of aliphatic hydroxyl groups excluding tert-OH is 2. The molecule has 1 fully saturated rings. The van der Waals surface area contributed by atoms with Crippen molar-refractivity contribution in [2.75, 3.05) is 6.61 Å². The van der Waals surface area contributed by atoms with Gasteiger partial charge in [0.25, 0.3) is 0 Å². The third-order valence-electron chi connectivity index (χ3n) is 4.82. The molecule has 138 valence electrons. The Hall–Kier alpha value is -1.41. The lowest BCUT2D eigenvalue weighted by Crippen LogP contribution is -2.41. The van der Waals surface area contributed by atoms with Gasteiger partial charge in [-0.25, -0.2) is 0 Å². The summed E-state index contributed by atoms with van der Waals surface area (Å²) in [5, 5.41) is 20.4. The minimum absolute atomic E-state index is 0.235. The molecule has 0 spiro atoms. The quantitative estimate of drug-likeness (QED) is 0.595. The van der Waals surface area contributed by atoms with Crippen LogP contribution in [0.4, 0.5) is 0 Å². The Bertz CT molecular complexity index is 599. The summed E-state index contributed by atoms with van der Waals surface area (Å²) >= 11 is 0. The van der Waals surface area contributed by atoms with E-state index in [0.29, 0.717) is 5.56 Å². The molecule has 2 unspecified atom stereocenters. The summed E-state index contributed by atoms with van der Waals surface area (Å²) in [6.07, 6.45) is -2.71. The maximum Gasteiger partial charge on any atom is 0.494 e. The molecule has 1 heterocycles. The van der Waals surface area contributed by atoms with Crippen LogP contribution >= 0.6 is 0 Å². The second-order valence-corrected chi connectivity index (χ2v) is 7.28. The fraction of sp³-hybridized carbons (Fsp3) is 0.611. The van der Waals surface area contributed by atoms with E-state index in [1.165, 1.54) is 0 Å². The minimum Gasteiger partial charge on any atom is -0.466 e. The number of esters is 1. The molecule has 1 saturated heterocycles. The van der Waals surface area contributed by atoms with Crippen molar-refractivity contribution in [2.45, 2.75) is 64.4 Å². The molecule has 2 N–H and O–H groups in total. The zero-order chi connectivity index (χ0) is 18.8. The smallest absolute Gasteiger partial charge is 0.466 e. The van der Waals surface area contributed by atoms with Crippen molar-refractivity contribution in [1.82, 2.24) is 0 Å². The third kappa shape index (κ3) is 4.41. The molecule has 1 aromatic rings. The van der Waals surface area contributed by atoms with Crippen molar-refractivity contribution in [3.05, 3.63) is 29.8 Å². The summed E-state index contributed by atoms with van der Waals surface area (Å²) in [5.74, 6) is -0.545. The molecular formula is C18H27BO6. The van der Waals surface area contributed by atoms with Crippen LogP contribution < -0.4 is 5.46 Å². The van der Waals surface area contributed by atoms with Gasteiger partial charge in [-0.3, -0.25) is 4.79 Å². The normalized spacial score (nSPS) is 21.0. The molecule has 25 heavy (non-hydrogen) atoms. The van der Waals surface area contributed by atoms with E-state index in [4.69, 9.17) is 14.0 Å². The van der Waals surface area contributed by atoms with Crippen LogP contribution in [0, 0.1) is 0 Å². The Balaban J connectivity index is 2.12. The summed E-state index contributed by atoms with van der Waals surface area (Å²) in [6.45, 7) is 9.79. The molecule has 2 atom stereocenters. The Labute approximate surface area is 149 Å². The monoisotopic (exact) mass is 350 g/mol. The van der Waals surface area contributed by atoms with Gasteiger partial charge in [0.2, 0.25) is 0 Å². The first-order valence-electron chi connectivity index (χ1n) is 8.54. The maximum atomic E-state index is 11.5. The molecule has 0 saturated carbocycles. The van der Waals surface area contributed by atoms with Crippen LogP contribution in [0.25, 0.3) is 0 Å². The number of ether oxygens (including phenoxy) is 1. The second kappa shape index (κ2) is 7.46. The highest BCUT2D eigenvalue weighted by Gasteiger charge is 2.51. The van der Waals surface area contributed by atoms with Crippen LogP contribution in [0.2, 0.25) is 0 Å². The minimum atomic E-state index is -1.24. The van der Waals surface area contributed by atoms with E-state index in [2.05, 4.69) is 0 Å². The first-order valence-corrected chi connectivity index (χ1v) is 8.54. The number of hydrogen-bond acceptors (Lipinski definition) is 6. The Kier molecular flexibility index (Phi) is 5.94.